The highest BCUT2D eigenvalue weighted by atomic mass is 16.5. The number of aliphatic hydroxyl groups excluding tert-OH is 1. The van der Waals surface area contributed by atoms with Gasteiger partial charge in [0.1, 0.15) is 11.9 Å². The Bertz CT molecular complexity index is 530. The molecule has 2 fully saturated rings. The molecular weight excluding hydrogens is 318 g/mol. The van der Waals surface area contributed by atoms with E-state index in [0.717, 1.165) is 50.9 Å². The first-order chi connectivity index (χ1) is 12.2. The number of carbonyl (C=O) groups is 1. The normalized spacial score (nSPS) is 29.3. The molecule has 2 aliphatic rings. The Balaban J connectivity index is 1.41. The number of amides is 1. The van der Waals surface area contributed by atoms with E-state index in [0.29, 0.717) is 13.0 Å². The summed E-state index contributed by atoms with van der Waals surface area (Å²) in [7, 11) is 0. The molecule has 3 rings (SSSR count). The van der Waals surface area contributed by atoms with E-state index < -0.39 is 6.10 Å². The van der Waals surface area contributed by atoms with Gasteiger partial charge in [-0.25, -0.2) is 0 Å². The zero-order chi connectivity index (χ0) is 17.5. The molecule has 1 saturated carbocycles. The summed E-state index contributed by atoms with van der Waals surface area (Å²) < 4.78 is 11.5. The van der Waals surface area contributed by atoms with E-state index in [1.165, 1.54) is 0 Å². The molecule has 1 aliphatic carbocycles. The third kappa shape index (κ3) is 5.44. The quantitative estimate of drug-likeness (QED) is 0.796. The molecule has 5 heteroatoms. The van der Waals surface area contributed by atoms with Crippen LogP contribution in [-0.2, 0) is 9.53 Å². The molecule has 25 heavy (non-hydrogen) atoms. The number of benzene rings is 1. The summed E-state index contributed by atoms with van der Waals surface area (Å²) in [6.07, 6.45) is 5.71. The van der Waals surface area contributed by atoms with Gasteiger partial charge in [0, 0.05) is 25.5 Å². The van der Waals surface area contributed by atoms with Crippen LogP contribution in [0.15, 0.2) is 30.3 Å². The van der Waals surface area contributed by atoms with Crippen LogP contribution in [0.5, 0.6) is 5.75 Å². The van der Waals surface area contributed by atoms with Gasteiger partial charge in [0.2, 0.25) is 5.91 Å². The van der Waals surface area contributed by atoms with E-state index in [1.54, 1.807) is 0 Å². The van der Waals surface area contributed by atoms with Crippen molar-refractivity contribution >= 4 is 5.91 Å². The number of para-hydroxylation sites is 1. The van der Waals surface area contributed by atoms with Crippen LogP contribution >= 0.6 is 0 Å². The van der Waals surface area contributed by atoms with Crippen molar-refractivity contribution in [3.8, 4) is 5.75 Å². The molecule has 0 aromatic heterocycles. The van der Waals surface area contributed by atoms with Gasteiger partial charge in [0.05, 0.1) is 12.2 Å². The molecule has 0 spiro atoms. The first-order valence-corrected chi connectivity index (χ1v) is 9.50. The van der Waals surface area contributed by atoms with E-state index >= 15 is 0 Å². The fraction of sp³-hybridized carbons (Fsp3) is 0.650. The number of nitrogens with one attached hydrogen (secondary N) is 1. The van der Waals surface area contributed by atoms with Gasteiger partial charge in [-0.1, -0.05) is 18.2 Å². The van der Waals surface area contributed by atoms with Gasteiger partial charge in [-0.05, 0) is 50.7 Å². The van der Waals surface area contributed by atoms with E-state index in [1.807, 2.05) is 30.3 Å². The Morgan fingerprint density at radius 3 is 2.80 bits per heavy atom. The van der Waals surface area contributed by atoms with Crippen molar-refractivity contribution in [2.24, 2.45) is 5.92 Å². The van der Waals surface area contributed by atoms with E-state index in [9.17, 15) is 9.90 Å². The lowest BCUT2D eigenvalue weighted by atomic mass is 9.84. The van der Waals surface area contributed by atoms with E-state index in [4.69, 9.17) is 9.47 Å². The molecule has 0 radical (unpaired) electrons. The molecule has 1 aliphatic heterocycles. The minimum absolute atomic E-state index is 0.0498. The van der Waals surface area contributed by atoms with Gasteiger partial charge in [0.25, 0.3) is 0 Å². The van der Waals surface area contributed by atoms with Gasteiger partial charge in [-0.2, -0.15) is 0 Å². The van der Waals surface area contributed by atoms with Crippen LogP contribution in [0.4, 0.5) is 0 Å². The summed E-state index contributed by atoms with van der Waals surface area (Å²) in [6.45, 7) is 1.34. The molecule has 4 atom stereocenters. The van der Waals surface area contributed by atoms with E-state index in [-0.39, 0.29) is 24.0 Å². The highest BCUT2D eigenvalue weighted by Crippen LogP contribution is 2.28. The second kappa shape index (κ2) is 9.20. The predicted octanol–water partition coefficient (Wildman–Crippen LogP) is 2.67. The molecule has 5 nitrogen and oxygen atoms in total. The van der Waals surface area contributed by atoms with Crippen LogP contribution < -0.4 is 10.1 Å². The summed E-state index contributed by atoms with van der Waals surface area (Å²) in [5.74, 6) is 0.885. The van der Waals surface area contributed by atoms with Crippen LogP contribution in [0.3, 0.4) is 0 Å². The summed E-state index contributed by atoms with van der Waals surface area (Å²) in [4.78, 5) is 12.0. The van der Waals surface area contributed by atoms with Crippen molar-refractivity contribution in [2.75, 3.05) is 13.2 Å². The molecule has 1 aromatic carbocycles. The molecule has 1 amide bonds. The Hall–Kier alpha value is -1.59. The van der Waals surface area contributed by atoms with Crippen molar-refractivity contribution in [1.29, 1.82) is 0 Å². The molecule has 1 saturated heterocycles. The minimum Gasteiger partial charge on any atom is -0.488 e. The maximum Gasteiger partial charge on any atom is 0.220 e. The monoisotopic (exact) mass is 347 g/mol. The summed E-state index contributed by atoms with van der Waals surface area (Å²) in [5.41, 5.74) is 0. The highest BCUT2D eigenvalue weighted by Gasteiger charge is 2.33. The molecule has 0 unspecified atom stereocenters. The number of hydrogen-bond acceptors (Lipinski definition) is 4. The van der Waals surface area contributed by atoms with Gasteiger partial charge in [0.15, 0.2) is 0 Å². The lowest BCUT2D eigenvalue weighted by Gasteiger charge is -2.35. The Kier molecular flexibility index (Phi) is 6.70. The van der Waals surface area contributed by atoms with Crippen molar-refractivity contribution in [2.45, 2.75) is 63.3 Å². The largest absolute Gasteiger partial charge is 0.488 e. The SMILES string of the molecule is O=C(CC[C@H]1CCCO1)NC[C@H]1CCC[C@@H](Oc2ccccc2)[C@@H]1O. The zero-order valence-electron chi connectivity index (χ0n) is 14.7. The molecule has 2 N–H and O–H groups in total. The number of rotatable bonds is 7. The van der Waals surface area contributed by atoms with Crippen LogP contribution in [0.1, 0.15) is 44.9 Å². The van der Waals surface area contributed by atoms with Crippen LogP contribution in [0.25, 0.3) is 0 Å². The van der Waals surface area contributed by atoms with Gasteiger partial charge in [-0.3, -0.25) is 4.79 Å². The number of aliphatic hydroxyl groups is 1. The van der Waals surface area contributed by atoms with Crippen LogP contribution in [0, 0.1) is 5.92 Å². The van der Waals surface area contributed by atoms with Crippen molar-refractivity contribution in [1.82, 2.24) is 5.32 Å². The lowest BCUT2D eigenvalue weighted by Crippen LogP contribution is -2.45. The Morgan fingerprint density at radius 1 is 1.20 bits per heavy atom. The van der Waals surface area contributed by atoms with Gasteiger partial charge in [-0.15, -0.1) is 0 Å². The second-order valence-electron chi connectivity index (χ2n) is 7.13. The predicted molar refractivity (Wildman–Crippen MR) is 95.4 cm³/mol. The summed E-state index contributed by atoms with van der Waals surface area (Å²) >= 11 is 0. The van der Waals surface area contributed by atoms with Crippen molar-refractivity contribution in [3.63, 3.8) is 0 Å². The molecule has 1 aromatic rings. The van der Waals surface area contributed by atoms with Gasteiger partial charge >= 0.3 is 0 Å². The first kappa shape index (κ1) is 18.2. The average molecular weight is 347 g/mol. The fourth-order valence-electron chi connectivity index (χ4n) is 3.75. The average Bonchev–Trinajstić information content (AvgIpc) is 3.15. The van der Waals surface area contributed by atoms with Gasteiger partial charge < -0.3 is 19.9 Å². The Morgan fingerprint density at radius 2 is 2.04 bits per heavy atom. The zero-order valence-corrected chi connectivity index (χ0v) is 14.7. The molecule has 0 bridgehead atoms. The second-order valence-corrected chi connectivity index (χ2v) is 7.13. The molecule has 1 heterocycles. The molecule has 138 valence electrons. The third-order valence-corrected chi connectivity index (χ3v) is 5.24. The standard InChI is InChI=1S/C20H29NO4/c22-19(12-11-16-9-5-13-24-16)21-14-15-6-4-10-18(20(15)23)25-17-7-2-1-3-8-17/h1-3,7-8,15-16,18,20,23H,4-6,9-14H2,(H,21,22)/t15-,16-,18-,20-/m1/s1. The number of carbonyl (C=O) groups excluding carboxylic acids is 1. The summed E-state index contributed by atoms with van der Waals surface area (Å²) in [6, 6.07) is 9.61. The Labute approximate surface area is 149 Å². The smallest absolute Gasteiger partial charge is 0.220 e. The summed E-state index contributed by atoms with van der Waals surface area (Å²) in [5, 5.41) is 13.6. The number of ether oxygens (including phenoxy) is 2. The third-order valence-electron chi connectivity index (χ3n) is 5.24. The fourth-order valence-corrected chi connectivity index (χ4v) is 3.75. The first-order valence-electron chi connectivity index (χ1n) is 9.50. The van der Waals surface area contributed by atoms with Crippen LogP contribution in [-0.4, -0.2) is 42.5 Å². The lowest BCUT2D eigenvalue weighted by molar-refractivity contribution is -0.122. The van der Waals surface area contributed by atoms with E-state index in [2.05, 4.69) is 5.32 Å². The maximum atomic E-state index is 12.0. The minimum atomic E-state index is -0.549. The molecular formula is C20H29NO4. The van der Waals surface area contributed by atoms with Crippen molar-refractivity contribution < 1.29 is 19.4 Å². The maximum absolute atomic E-state index is 12.0. The van der Waals surface area contributed by atoms with Crippen LogP contribution in [0.2, 0.25) is 0 Å². The van der Waals surface area contributed by atoms with Crippen molar-refractivity contribution in [3.05, 3.63) is 30.3 Å². The highest BCUT2D eigenvalue weighted by molar-refractivity contribution is 5.75. The number of hydrogen-bond donors (Lipinski definition) is 2. The topological polar surface area (TPSA) is 67.8 Å².